The van der Waals surface area contributed by atoms with Crippen molar-refractivity contribution >= 4 is 17.5 Å². The Hall–Kier alpha value is -1.33. The molecule has 1 aliphatic rings. The fourth-order valence-corrected chi connectivity index (χ4v) is 1.91. The van der Waals surface area contributed by atoms with Gasteiger partial charge in [-0.05, 0) is 6.07 Å². The molecule has 5 nitrogen and oxygen atoms in total. The number of ether oxygens (including phenoxy) is 1. The van der Waals surface area contributed by atoms with Crippen LogP contribution in [0.3, 0.4) is 0 Å². The normalized spacial score (nSPS) is 20.3. The smallest absolute Gasteiger partial charge is 0.255 e. The maximum absolute atomic E-state index is 12.1. The quantitative estimate of drug-likeness (QED) is 0.782. The summed E-state index contributed by atoms with van der Waals surface area (Å²) in [4.78, 5) is 27.1. The molecule has 1 aromatic rings. The van der Waals surface area contributed by atoms with E-state index in [1.165, 1.54) is 18.3 Å². The van der Waals surface area contributed by atoms with Gasteiger partial charge in [0, 0.05) is 25.4 Å². The Labute approximate surface area is 103 Å². The number of carbonyl (C=O) groups excluding carboxylic acids is 1. The second-order valence-corrected chi connectivity index (χ2v) is 4.15. The minimum Gasteiger partial charge on any atom is -0.373 e. The molecule has 1 aromatic heterocycles. The molecule has 2 rings (SSSR count). The number of rotatable bonds is 2. The summed E-state index contributed by atoms with van der Waals surface area (Å²) in [6.45, 7) is 1.53. The Morgan fingerprint density at radius 3 is 3.06 bits per heavy atom. The molecule has 0 radical (unpaired) electrons. The number of aromatic amines is 1. The minimum atomic E-state index is -0.220. The van der Waals surface area contributed by atoms with Gasteiger partial charge >= 0.3 is 0 Å². The highest BCUT2D eigenvalue weighted by Crippen LogP contribution is 2.10. The monoisotopic (exact) mass is 256 g/mol. The molecule has 1 N–H and O–H groups in total. The first-order chi connectivity index (χ1) is 8.20. The lowest BCUT2D eigenvalue weighted by atomic mass is 10.2. The van der Waals surface area contributed by atoms with Gasteiger partial charge in [-0.2, -0.15) is 0 Å². The van der Waals surface area contributed by atoms with Crippen molar-refractivity contribution in [2.75, 3.05) is 25.6 Å². The predicted octanol–water partition coefficient (Wildman–Crippen LogP) is 0.455. The third-order valence-corrected chi connectivity index (χ3v) is 2.97. The zero-order chi connectivity index (χ0) is 12.3. The SMILES string of the molecule is O=C(c1ccc(=O)[nH]c1)N1CCOC(CCl)C1. The van der Waals surface area contributed by atoms with E-state index in [1.807, 2.05) is 0 Å². The molecule has 1 aliphatic heterocycles. The van der Waals surface area contributed by atoms with Crippen LogP contribution in [0.15, 0.2) is 23.1 Å². The Balaban J connectivity index is 2.09. The second kappa shape index (κ2) is 5.33. The van der Waals surface area contributed by atoms with E-state index < -0.39 is 0 Å². The maximum Gasteiger partial charge on any atom is 0.255 e. The van der Waals surface area contributed by atoms with Crippen LogP contribution in [0.4, 0.5) is 0 Å². The van der Waals surface area contributed by atoms with Crippen molar-refractivity contribution < 1.29 is 9.53 Å². The van der Waals surface area contributed by atoms with Gasteiger partial charge in [0.2, 0.25) is 5.56 Å². The lowest BCUT2D eigenvalue weighted by Crippen LogP contribution is -2.46. The molecule has 6 heteroatoms. The summed E-state index contributed by atoms with van der Waals surface area (Å²) in [5, 5.41) is 0. The average Bonchev–Trinajstić information content (AvgIpc) is 2.39. The highest BCUT2D eigenvalue weighted by atomic mass is 35.5. The lowest BCUT2D eigenvalue weighted by Gasteiger charge is -2.32. The van der Waals surface area contributed by atoms with E-state index in [2.05, 4.69) is 4.98 Å². The number of alkyl halides is 1. The van der Waals surface area contributed by atoms with Crippen LogP contribution in [0.1, 0.15) is 10.4 Å². The van der Waals surface area contributed by atoms with Gasteiger partial charge in [0.1, 0.15) is 0 Å². The molecule has 17 heavy (non-hydrogen) atoms. The second-order valence-electron chi connectivity index (χ2n) is 3.84. The van der Waals surface area contributed by atoms with Crippen molar-refractivity contribution in [3.8, 4) is 0 Å². The molecule has 1 atom stereocenters. The van der Waals surface area contributed by atoms with Crippen LogP contribution in [0.5, 0.6) is 0 Å². The molecular formula is C11H13ClN2O3. The average molecular weight is 257 g/mol. The Morgan fingerprint density at radius 2 is 2.41 bits per heavy atom. The van der Waals surface area contributed by atoms with Gasteiger partial charge in [0.15, 0.2) is 0 Å². The summed E-state index contributed by atoms with van der Waals surface area (Å²) < 4.78 is 5.38. The lowest BCUT2D eigenvalue weighted by molar-refractivity contribution is -0.0108. The van der Waals surface area contributed by atoms with Gasteiger partial charge in [-0.1, -0.05) is 0 Å². The number of halogens is 1. The number of nitrogens with one attached hydrogen (secondary N) is 1. The molecule has 1 unspecified atom stereocenters. The largest absolute Gasteiger partial charge is 0.373 e. The van der Waals surface area contributed by atoms with Crippen LogP contribution < -0.4 is 5.56 Å². The van der Waals surface area contributed by atoms with Crippen LogP contribution in [0.25, 0.3) is 0 Å². The van der Waals surface area contributed by atoms with Crippen LogP contribution in [-0.4, -0.2) is 47.5 Å². The maximum atomic E-state index is 12.1. The van der Waals surface area contributed by atoms with Gasteiger partial charge in [0.25, 0.3) is 5.91 Å². The van der Waals surface area contributed by atoms with Gasteiger partial charge < -0.3 is 14.6 Å². The fourth-order valence-electron chi connectivity index (χ4n) is 1.72. The van der Waals surface area contributed by atoms with Crippen molar-refractivity contribution in [2.24, 2.45) is 0 Å². The van der Waals surface area contributed by atoms with E-state index in [9.17, 15) is 9.59 Å². The topological polar surface area (TPSA) is 62.4 Å². The zero-order valence-corrected chi connectivity index (χ0v) is 9.94. The van der Waals surface area contributed by atoms with Gasteiger partial charge in [-0.25, -0.2) is 0 Å². The molecular weight excluding hydrogens is 244 g/mol. The molecule has 0 bridgehead atoms. The first kappa shape index (κ1) is 12.1. The summed E-state index contributed by atoms with van der Waals surface area (Å²) in [6.07, 6.45) is 1.31. The van der Waals surface area contributed by atoms with Gasteiger partial charge in [-0.3, -0.25) is 9.59 Å². The number of nitrogens with zero attached hydrogens (tertiary/aromatic N) is 1. The Morgan fingerprint density at radius 1 is 1.59 bits per heavy atom. The molecule has 92 valence electrons. The van der Waals surface area contributed by atoms with Crippen molar-refractivity contribution in [1.82, 2.24) is 9.88 Å². The number of morpholine rings is 1. The molecule has 1 saturated heterocycles. The number of aromatic nitrogens is 1. The van der Waals surface area contributed by atoms with E-state index in [1.54, 1.807) is 4.90 Å². The van der Waals surface area contributed by atoms with E-state index in [-0.39, 0.29) is 17.6 Å². The number of amides is 1. The highest BCUT2D eigenvalue weighted by Gasteiger charge is 2.24. The predicted molar refractivity (Wildman–Crippen MR) is 63.4 cm³/mol. The number of carbonyl (C=O) groups is 1. The van der Waals surface area contributed by atoms with Crippen LogP contribution >= 0.6 is 11.6 Å². The molecule has 0 saturated carbocycles. The third-order valence-electron chi connectivity index (χ3n) is 2.63. The first-order valence-electron chi connectivity index (χ1n) is 5.36. The van der Waals surface area contributed by atoms with E-state index in [0.29, 0.717) is 31.1 Å². The Kier molecular flexibility index (Phi) is 3.81. The van der Waals surface area contributed by atoms with Crippen LogP contribution in [0.2, 0.25) is 0 Å². The minimum absolute atomic E-state index is 0.111. The van der Waals surface area contributed by atoms with Crippen molar-refractivity contribution in [2.45, 2.75) is 6.10 Å². The molecule has 1 amide bonds. The number of pyridine rings is 1. The standard InChI is InChI=1S/C11H13ClN2O3/c12-5-9-7-14(3-4-17-9)11(16)8-1-2-10(15)13-6-8/h1-2,6,9H,3-5,7H2,(H,13,15). The molecule has 0 spiro atoms. The third kappa shape index (κ3) is 2.87. The van der Waals surface area contributed by atoms with Crippen LogP contribution in [0, 0.1) is 0 Å². The Bertz CT molecular complexity index is 440. The number of hydrogen-bond acceptors (Lipinski definition) is 3. The number of hydrogen-bond donors (Lipinski definition) is 1. The molecule has 0 aromatic carbocycles. The first-order valence-corrected chi connectivity index (χ1v) is 5.90. The summed E-state index contributed by atoms with van der Waals surface area (Å²) in [5.41, 5.74) is 0.252. The van der Waals surface area contributed by atoms with Crippen molar-refractivity contribution in [1.29, 1.82) is 0 Å². The fraction of sp³-hybridized carbons (Fsp3) is 0.455. The molecule has 0 aliphatic carbocycles. The molecule has 2 heterocycles. The summed E-state index contributed by atoms with van der Waals surface area (Å²) in [6, 6.07) is 2.86. The van der Waals surface area contributed by atoms with E-state index >= 15 is 0 Å². The summed E-state index contributed by atoms with van der Waals surface area (Å²) in [7, 11) is 0. The van der Waals surface area contributed by atoms with E-state index in [0.717, 1.165) is 0 Å². The highest BCUT2D eigenvalue weighted by molar-refractivity contribution is 6.18. The zero-order valence-electron chi connectivity index (χ0n) is 9.19. The molecule has 1 fully saturated rings. The van der Waals surface area contributed by atoms with Gasteiger partial charge in [-0.15, -0.1) is 11.6 Å². The summed E-state index contributed by atoms with van der Waals surface area (Å²) in [5.74, 6) is 0.259. The number of H-pyrrole nitrogens is 1. The van der Waals surface area contributed by atoms with Crippen molar-refractivity contribution in [3.63, 3.8) is 0 Å². The van der Waals surface area contributed by atoms with Gasteiger partial charge in [0.05, 0.1) is 24.2 Å². The van der Waals surface area contributed by atoms with Crippen LogP contribution in [-0.2, 0) is 4.74 Å². The summed E-state index contributed by atoms with van der Waals surface area (Å²) >= 11 is 5.71. The van der Waals surface area contributed by atoms with Crippen molar-refractivity contribution in [3.05, 3.63) is 34.2 Å². The van der Waals surface area contributed by atoms with E-state index in [4.69, 9.17) is 16.3 Å².